The number of phenols is 1. The van der Waals surface area contributed by atoms with Gasteiger partial charge in [0, 0.05) is 46.9 Å². The number of ether oxygens (including phenoxy) is 2. The van der Waals surface area contributed by atoms with E-state index in [1.807, 2.05) is 30.3 Å². The summed E-state index contributed by atoms with van der Waals surface area (Å²) in [7, 11) is 0. The first kappa shape index (κ1) is 22.0. The van der Waals surface area contributed by atoms with Crippen molar-refractivity contribution in [2.45, 2.75) is 19.4 Å². The summed E-state index contributed by atoms with van der Waals surface area (Å²) in [6.45, 7) is 5.75. The van der Waals surface area contributed by atoms with E-state index < -0.39 is 17.5 Å². The van der Waals surface area contributed by atoms with Gasteiger partial charge < -0.3 is 24.6 Å². The lowest BCUT2D eigenvalue weighted by Crippen LogP contribution is -2.33. The minimum Gasteiger partial charge on any atom is -0.508 e. The fourth-order valence-corrected chi connectivity index (χ4v) is 5.49. The van der Waals surface area contributed by atoms with E-state index in [1.54, 1.807) is 30.3 Å². The number of fused-ring (bicyclic) bond motifs is 8. The predicted molar refractivity (Wildman–Crippen MR) is 134 cm³/mol. The number of carboxylic acids is 1. The van der Waals surface area contributed by atoms with Crippen molar-refractivity contribution in [1.29, 1.82) is 0 Å². The van der Waals surface area contributed by atoms with Crippen molar-refractivity contribution >= 4 is 28.4 Å². The number of rotatable bonds is 4. The predicted octanol–water partition coefficient (Wildman–Crippen LogP) is 5.66. The molecule has 0 amide bonds. The minimum absolute atomic E-state index is 0.0439. The molecule has 2 aliphatic heterocycles. The van der Waals surface area contributed by atoms with E-state index in [0.29, 0.717) is 28.2 Å². The van der Waals surface area contributed by atoms with Crippen molar-refractivity contribution in [3.05, 3.63) is 94.5 Å². The molecule has 1 spiro atoms. The molecule has 0 aliphatic carbocycles. The molecule has 2 heterocycles. The van der Waals surface area contributed by atoms with Crippen LogP contribution in [0.4, 0.5) is 5.69 Å². The molecule has 7 heteroatoms. The zero-order valence-corrected chi connectivity index (χ0v) is 19.7. The van der Waals surface area contributed by atoms with Gasteiger partial charge in [-0.15, -0.1) is 0 Å². The van der Waals surface area contributed by atoms with E-state index in [0.717, 1.165) is 29.5 Å². The van der Waals surface area contributed by atoms with Crippen LogP contribution in [0.2, 0.25) is 0 Å². The quantitative estimate of drug-likeness (QED) is 0.363. The van der Waals surface area contributed by atoms with Crippen LogP contribution < -0.4 is 9.64 Å². The fourth-order valence-electron chi connectivity index (χ4n) is 5.49. The SMILES string of the molecule is CCN(CC)c1ccc2c(c1)Oc1c(ccc3cc(O)ccc13)C21OC(=O)c2c(C(=O)O)cccc21. The summed E-state index contributed by atoms with van der Waals surface area (Å²) < 4.78 is 12.7. The van der Waals surface area contributed by atoms with Gasteiger partial charge in [0.15, 0.2) is 5.60 Å². The van der Waals surface area contributed by atoms with Gasteiger partial charge in [-0.2, -0.15) is 0 Å². The van der Waals surface area contributed by atoms with E-state index in [9.17, 15) is 19.8 Å². The first-order valence-electron chi connectivity index (χ1n) is 11.8. The van der Waals surface area contributed by atoms with Crippen LogP contribution in [0.1, 0.15) is 51.3 Å². The molecule has 0 bridgehead atoms. The Morgan fingerprint density at radius 1 is 0.944 bits per heavy atom. The molecule has 1 unspecified atom stereocenters. The van der Waals surface area contributed by atoms with Crippen molar-refractivity contribution in [2.24, 2.45) is 0 Å². The zero-order valence-electron chi connectivity index (χ0n) is 19.7. The molecule has 4 aromatic rings. The number of phenolic OH excluding ortho intramolecular Hbond substituents is 1. The molecule has 0 aromatic heterocycles. The molecule has 0 saturated carbocycles. The average molecular weight is 482 g/mol. The number of benzene rings is 4. The maximum Gasteiger partial charge on any atom is 0.341 e. The summed E-state index contributed by atoms with van der Waals surface area (Å²) in [6, 6.07) is 19.2. The monoisotopic (exact) mass is 481 g/mol. The van der Waals surface area contributed by atoms with Crippen LogP contribution >= 0.6 is 0 Å². The van der Waals surface area contributed by atoms with Crippen LogP contribution in [0, 0.1) is 0 Å². The first-order chi connectivity index (χ1) is 17.4. The topological polar surface area (TPSA) is 96.3 Å². The largest absolute Gasteiger partial charge is 0.508 e. The highest BCUT2D eigenvalue weighted by atomic mass is 16.6. The molecule has 4 aromatic carbocycles. The minimum atomic E-state index is -1.38. The van der Waals surface area contributed by atoms with Crippen molar-refractivity contribution in [3.8, 4) is 17.2 Å². The number of carbonyl (C=O) groups is 2. The highest BCUT2D eigenvalue weighted by molar-refractivity contribution is 6.07. The lowest BCUT2D eigenvalue weighted by molar-refractivity contribution is 0.0223. The van der Waals surface area contributed by atoms with Gasteiger partial charge in [0.05, 0.1) is 11.1 Å². The van der Waals surface area contributed by atoms with Crippen molar-refractivity contribution in [1.82, 2.24) is 0 Å². The highest BCUT2D eigenvalue weighted by Gasteiger charge is 2.55. The number of carboxylic acid groups (broad SMARTS) is 1. The van der Waals surface area contributed by atoms with Crippen molar-refractivity contribution in [2.75, 3.05) is 18.0 Å². The third-order valence-corrected chi connectivity index (χ3v) is 7.14. The zero-order chi connectivity index (χ0) is 25.2. The summed E-state index contributed by atoms with van der Waals surface area (Å²) in [4.78, 5) is 27.5. The molecule has 2 aliphatic rings. The molecule has 0 radical (unpaired) electrons. The first-order valence-corrected chi connectivity index (χ1v) is 11.8. The Labute approximate surface area is 207 Å². The Hall–Kier alpha value is -4.52. The maximum absolute atomic E-state index is 13.3. The smallest absolute Gasteiger partial charge is 0.341 e. The normalized spacial score (nSPS) is 17.2. The van der Waals surface area contributed by atoms with Crippen LogP contribution in [0.3, 0.4) is 0 Å². The number of aromatic carboxylic acids is 1. The molecule has 180 valence electrons. The van der Waals surface area contributed by atoms with Gasteiger partial charge in [0.25, 0.3) is 0 Å². The Bertz CT molecular complexity index is 1590. The fraction of sp³-hybridized carbons (Fsp3) is 0.172. The van der Waals surface area contributed by atoms with E-state index in [4.69, 9.17) is 9.47 Å². The van der Waals surface area contributed by atoms with Crippen LogP contribution in [0.25, 0.3) is 10.8 Å². The van der Waals surface area contributed by atoms with Crippen LogP contribution in [0.15, 0.2) is 66.7 Å². The summed E-state index contributed by atoms with van der Waals surface area (Å²) in [5, 5.41) is 21.3. The van der Waals surface area contributed by atoms with Crippen LogP contribution in [-0.4, -0.2) is 35.2 Å². The molecular formula is C29H23NO6. The molecule has 1 atom stereocenters. The van der Waals surface area contributed by atoms with Gasteiger partial charge in [0.1, 0.15) is 17.2 Å². The second kappa shape index (κ2) is 7.75. The number of nitrogens with zero attached hydrogens (tertiary/aromatic N) is 1. The number of hydrogen-bond donors (Lipinski definition) is 2. The van der Waals surface area contributed by atoms with Gasteiger partial charge in [-0.1, -0.05) is 18.2 Å². The van der Waals surface area contributed by atoms with Crippen molar-refractivity contribution < 1.29 is 29.3 Å². The van der Waals surface area contributed by atoms with E-state index >= 15 is 0 Å². The second-order valence-corrected chi connectivity index (χ2v) is 8.91. The van der Waals surface area contributed by atoms with Gasteiger partial charge in [-0.3, -0.25) is 0 Å². The molecule has 6 rings (SSSR count). The van der Waals surface area contributed by atoms with Gasteiger partial charge in [0.2, 0.25) is 0 Å². The Balaban J connectivity index is 1.71. The third kappa shape index (κ3) is 2.86. The molecule has 0 saturated heterocycles. The Morgan fingerprint density at radius 3 is 2.47 bits per heavy atom. The molecule has 7 nitrogen and oxygen atoms in total. The second-order valence-electron chi connectivity index (χ2n) is 8.91. The number of carbonyl (C=O) groups excluding carboxylic acids is 1. The van der Waals surface area contributed by atoms with Crippen LogP contribution in [-0.2, 0) is 10.3 Å². The Morgan fingerprint density at radius 2 is 1.72 bits per heavy atom. The molecule has 0 fully saturated rings. The van der Waals surface area contributed by atoms with E-state index in [-0.39, 0.29) is 16.9 Å². The summed E-state index contributed by atoms with van der Waals surface area (Å²) in [5.41, 5.74) is 1.20. The number of esters is 1. The standard InChI is InChI=1S/C29H23NO6/c1-3-30(4-2)17-9-13-21-24(15-17)35-26-19-11-10-18(31)14-16(19)8-12-23(26)29(21)22-7-5-6-20(27(32)33)25(22)28(34)36-29/h5-15,31H,3-4H2,1-2H3,(H,32,33). The molecule has 2 N–H and O–H groups in total. The third-order valence-electron chi connectivity index (χ3n) is 7.14. The summed E-state index contributed by atoms with van der Waals surface area (Å²) in [6.07, 6.45) is 0. The van der Waals surface area contributed by atoms with Gasteiger partial charge in [-0.05, 0) is 61.7 Å². The average Bonchev–Trinajstić information content (AvgIpc) is 3.17. The van der Waals surface area contributed by atoms with E-state index in [2.05, 4.69) is 18.7 Å². The maximum atomic E-state index is 13.3. The summed E-state index contributed by atoms with van der Waals surface area (Å²) in [5.74, 6) is -0.743. The van der Waals surface area contributed by atoms with Crippen molar-refractivity contribution in [3.63, 3.8) is 0 Å². The molecule has 36 heavy (non-hydrogen) atoms. The van der Waals surface area contributed by atoms with Gasteiger partial charge in [-0.25, -0.2) is 9.59 Å². The lowest BCUT2D eigenvalue weighted by atomic mass is 9.76. The highest BCUT2D eigenvalue weighted by Crippen LogP contribution is 2.58. The number of hydrogen-bond acceptors (Lipinski definition) is 6. The van der Waals surface area contributed by atoms with Crippen LogP contribution in [0.5, 0.6) is 17.2 Å². The lowest BCUT2D eigenvalue weighted by Gasteiger charge is -2.37. The number of aromatic hydroxyl groups is 1. The summed E-state index contributed by atoms with van der Waals surface area (Å²) >= 11 is 0. The number of anilines is 1. The van der Waals surface area contributed by atoms with E-state index in [1.165, 1.54) is 6.07 Å². The van der Waals surface area contributed by atoms with Gasteiger partial charge >= 0.3 is 11.9 Å². The molecular weight excluding hydrogens is 458 g/mol. The Kier molecular flexibility index (Phi) is 4.73.